The van der Waals surface area contributed by atoms with E-state index in [4.69, 9.17) is 27.9 Å². The summed E-state index contributed by atoms with van der Waals surface area (Å²) in [6.45, 7) is 0.640. The van der Waals surface area contributed by atoms with Gasteiger partial charge in [-0.25, -0.2) is 0 Å². The number of hydrogen-bond acceptors (Lipinski definition) is 2. The van der Waals surface area contributed by atoms with Crippen molar-refractivity contribution in [2.45, 2.75) is 18.9 Å². The van der Waals surface area contributed by atoms with Crippen LogP contribution in [0.3, 0.4) is 0 Å². The van der Waals surface area contributed by atoms with Crippen molar-refractivity contribution in [1.29, 1.82) is 0 Å². The van der Waals surface area contributed by atoms with Gasteiger partial charge in [0.2, 0.25) is 0 Å². The summed E-state index contributed by atoms with van der Waals surface area (Å²) in [7, 11) is 0. The average Bonchev–Trinajstić information content (AvgIpc) is 2.76. The zero-order chi connectivity index (χ0) is 11.5. The fourth-order valence-electron chi connectivity index (χ4n) is 1.59. The van der Waals surface area contributed by atoms with Crippen molar-refractivity contribution in [2.24, 2.45) is 0 Å². The van der Waals surface area contributed by atoms with Crippen molar-refractivity contribution in [3.8, 4) is 0 Å². The molecule has 0 unspecified atom stereocenters. The van der Waals surface area contributed by atoms with E-state index in [1.165, 1.54) is 0 Å². The van der Waals surface area contributed by atoms with Crippen LogP contribution in [-0.2, 0) is 9.53 Å². The summed E-state index contributed by atoms with van der Waals surface area (Å²) in [5.74, 6) is -0.165. The first-order valence-corrected chi connectivity index (χ1v) is 5.80. The second-order valence-electron chi connectivity index (χ2n) is 3.62. The van der Waals surface area contributed by atoms with Crippen molar-refractivity contribution in [3.63, 3.8) is 0 Å². The summed E-state index contributed by atoms with van der Waals surface area (Å²) in [5, 5.41) is 3.72. The van der Waals surface area contributed by atoms with E-state index in [1.807, 2.05) is 0 Å². The van der Waals surface area contributed by atoms with Gasteiger partial charge in [-0.15, -0.1) is 0 Å². The van der Waals surface area contributed by atoms with Crippen molar-refractivity contribution in [1.82, 2.24) is 0 Å². The minimum absolute atomic E-state index is 0.165. The first-order valence-electron chi connectivity index (χ1n) is 5.04. The number of nitrogens with one attached hydrogen (secondary N) is 1. The Kier molecular flexibility index (Phi) is 3.69. The van der Waals surface area contributed by atoms with Crippen molar-refractivity contribution in [2.75, 3.05) is 11.9 Å². The summed E-state index contributed by atoms with van der Waals surface area (Å²) in [4.78, 5) is 11.7. The lowest BCUT2D eigenvalue weighted by molar-refractivity contribution is -0.124. The highest BCUT2D eigenvalue weighted by atomic mass is 35.5. The lowest BCUT2D eigenvalue weighted by Gasteiger charge is -2.11. The Morgan fingerprint density at radius 1 is 1.44 bits per heavy atom. The molecular weight excluding hydrogens is 249 g/mol. The molecule has 1 saturated heterocycles. The molecule has 0 aromatic heterocycles. The van der Waals surface area contributed by atoms with Crippen LogP contribution in [0.5, 0.6) is 0 Å². The summed E-state index contributed by atoms with van der Waals surface area (Å²) >= 11 is 11.8. The zero-order valence-corrected chi connectivity index (χ0v) is 10.0. The fourth-order valence-corrected chi connectivity index (χ4v) is 1.93. The van der Waals surface area contributed by atoms with Gasteiger partial charge >= 0.3 is 0 Å². The molecule has 0 aliphatic carbocycles. The van der Waals surface area contributed by atoms with Crippen LogP contribution < -0.4 is 5.32 Å². The number of amides is 1. The number of hydrogen-bond donors (Lipinski definition) is 1. The molecule has 1 aliphatic heterocycles. The number of ether oxygens (including phenoxy) is 1. The van der Waals surface area contributed by atoms with E-state index >= 15 is 0 Å². The van der Waals surface area contributed by atoms with Gasteiger partial charge in [0.1, 0.15) is 6.10 Å². The minimum Gasteiger partial charge on any atom is -0.368 e. The Hall–Kier alpha value is -0.770. The summed E-state index contributed by atoms with van der Waals surface area (Å²) in [6, 6.07) is 4.94. The fraction of sp³-hybridized carbons (Fsp3) is 0.364. The van der Waals surface area contributed by atoms with E-state index in [1.54, 1.807) is 18.2 Å². The molecule has 1 fully saturated rings. The first-order chi connectivity index (χ1) is 7.66. The molecule has 1 N–H and O–H groups in total. The van der Waals surface area contributed by atoms with Gasteiger partial charge in [0, 0.05) is 11.6 Å². The van der Waals surface area contributed by atoms with Crippen LogP contribution in [0.1, 0.15) is 12.8 Å². The number of anilines is 1. The van der Waals surface area contributed by atoms with Crippen LogP contribution in [-0.4, -0.2) is 18.6 Å². The third-order valence-electron chi connectivity index (χ3n) is 2.41. The average molecular weight is 260 g/mol. The first kappa shape index (κ1) is 11.7. The molecule has 1 atom stereocenters. The minimum atomic E-state index is -0.366. The summed E-state index contributed by atoms with van der Waals surface area (Å²) < 4.78 is 5.27. The quantitative estimate of drug-likeness (QED) is 0.887. The van der Waals surface area contributed by atoms with Crippen molar-refractivity contribution in [3.05, 3.63) is 28.2 Å². The topological polar surface area (TPSA) is 38.3 Å². The Morgan fingerprint density at radius 3 is 2.94 bits per heavy atom. The number of halogens is 2. The van der Waals surface area contributed by atoms with Gasteiger partial charge < -0.3 is 10.1 Å². The molecular formula is C11H11Cl2NO2. The van der Waals surface area contributed by atoms with Crippen LogP contribution in [0.25, 0.3) is 0 Å². The van der Waals surface area contributed by atoms with Gasteiger partial charge in [0.05, 0.1) is 10.7 Å². The zero-order valence-electron chi connectivity index (χ0n) is 8.50. The van der Waals surface area contributed by atoms with E-state index in [0.717, 1.165) is 12.8 Å². The van der Waals surface area contributed by atoms with Crippen LogP contribution >= 0.6 is 23.2 Å². The van der Waals surface area contributed by atoms with Gasteiger partial charge in [-0.2, -0.15) is 0 Å². The highest BCUT2D eigenvalue weighted by Crippen LogP contribution is 2.26. The maximum atomic E-state index is 11.7. The second-order valence-corrected chi connectivity index (χ2v) is 4.46. The number of benzene rings is 1. The van der Waals surface area contributed by atoms with Gasteiger partial charge in [0.15, 0.2) is 0 Å². The van der Waals surface area contributed by atoms with E-state index in [9.17, 15) is 4.79 Å². The number of rotatable bonds is 2. The predicted octanol–water partition coefficient (Wildman–Crippen LogP) is 3.11. The van der Waals surface area contributed by atoms with Gasteiger partial charge in [-0.05, 0) is 31.0 Å². The van der Waals surface area contributed by atoms with Gasteiger partial charge in [-0.3, -0.25) is 4.79 Å². The Bertz CT molecular complexity index is 403. The third kappa shape index (κ3) is 2.67. The molecule has 0 saturated carbocycles. The molecule has 0 bridgehead atoms. The molecule has 1 aromatic rings. The highest BCUT2D eigenvalue weighted by Gasteiger charge is 2.23. The third-order valence-corrected chi connectivity index (χ3v) is 2.97. The largest absolute Gasteiger partial charge is 0.368 e. The molecule has 16 heavy (non-hydrogen) atoms. The normalized spacial score (nSPS) is 19.8. The molecule has 0 spiro atoms. The van der Waals surface area contributed by atoms with Crippen LogP contribution in [0.2, 0.25) is 10.0 Å². The molecule has 1 aromatic carbocycles. The maximum absolute atomic E-state index is 11.7. The summed E-state index contributed by atoms with van der Waals surface area (Å²) in [5.41, 5.74) is 0.523. The molecule has 1 amide bonds. The predicted molar refractivity (Wildman–Crippen MR) is 64.1 cm³/mol. The van der Waals surface area contributed by atoms with Crippen LogP contribution in [0.15, 0.2) is 18.2 Å². The standard InChI is InChI=1S/C11H11Cl2NO2/c12-7-3-4-8(13)9(6-7)14-11(15)10-2-1-5-16-10/h3-4,6,10H,1-2,5H2,(H,14,15)/t10-/m1/s1. The lowest BCUT2D eigenvalue weighted by atomic mass is 10.2. The van der Waals surface area contributed by atoms with Crippen molar-refractivity contribution >= 4 is 34.8 Å². The van der Waals surface area contributed by atoms with E-state index in [2.05, 4.69) is 5.32 Å². The molecule has 2 rings (SSSR count). The Morgan fingerprint density at radius 2 is 2.25 bits per heavy atom. The molecule has 86 valence electrons. The molecule has 1 aliphatic rings. The van der Waals surface area contributed by atoms with E-state index in [0.29, 0.717) is 22.3 Å². The smallest absolute Gasteiger partial charge is 0.253 e. The van der Waals surface area contributed by atoms with Crippen LogP contribution in [0.4, 0.5) is 5.69 Å². The molecule has 0 radical (unpaired) electrons. The number of carbonyl (C=O) groups excluding carboxylic acids is 1. The van der Waals surface area contributed by atoms with Gasteiger partial charge in [-0.1, -0.05) is 23.2 Å². The second kappa shape index (κ2) is 5.04. The van der Waals surface area contributed by atoms with Crippen LogP contribution in [0, 0.1) is 0 Å². The Balaban J connectivity index is 2.07. The molecule has 3 nitrogen and oxygen atoms in total. The summed E-state index contributed by atoms with van der Waals surface area (Å²) in [6.07, 6.45) is 1.31. The van der Waals surface area contributed by atoms with Gasteiger partial charge in [0.25, 0.3) is 5.91 Å². The van der Waals surface area contributed by atoms with E-state index < -0.39 is 0 Å². The van der Waals surface area contributed by atoms with E-state index in [-0.39, 0.29) is 12.0 Å². The lowest BCUT2D eigenvalue weighted by Crippen LogP contribution is -2.26. The SMILES string of the molecule is O=C(Nc1cc(Cl)ccc1Cl)[C@H]1CCCO1. The Labute approximate surface area is 104 Å². The monoisotopic (exact) mass is 259 g/mol. The number of carbonyl (C=O) groups is 1. The molecule has 5 heteroatoms. The van der Waals surface area contributed by atoms with Crippen molar-refractivity contribution < 1.29 is 9.53 Å². The maximum Gasteiger partial charge on any atom is 0.253 e. The highest BCUT2D eigenvalue weighted by molar-refractivity contribution is 6.35. The molecule has 1 heterocycles.